The molecule has 0 radical (unpaired) electrons. The number of methoxy groups -OCH3 is 3. The molecule has 0 spiro atoms. The van der Waals surface area contributed by atoms with Gasteiger partial charge in [0.05, 0.1) is 45.2 Å². The molecule has 1 aliphatic heterocycles. The lowest BCUT2D eigenvalue weighted by atomic mass is 10.1. The molecule has 1 heterocycles. The van der Waals surface area contributed by atoms with Crippen LogP contribution >= 0.6 is 0 Å². The number of ether oxygens (including phenoxy) is 3. The van der Waals surface area contributed by atoms with Gasteiger partial charge in [0.1, 0.15) is 0 Å². The summed E-state index contributed by atoms with van der Waals surface area (Å²) in [4.78, 5) is 26.1. The Hall–Kier alpha value is -2.48. The van der Waals surface area contributed by atoms with E-state index in [0.717, 1.165) is 12.8 Å². The zero-order chi connectivity index (χ0) is 17.7. The summed E-state index contributed by atoms with van der Waals surface area (Å²) >= 11 is 0. The Bertz CT molecular complexity index is 619. The number of carbonyl (C=O) groups excluding carboxylic acids is 2. The highest BCUT2D eigenvalue weighted by atomic mass is 16.5. The average Bonchev–Trinajstić information content (AvgIpc) is 3.09. The molecule has 8 heteroatoms. The minimum atomic E-state index is -0.698. The number of nitrogens with zero attached hydrogens (tertiary/aromatic N) is 1. The van der Waals surface area contributed by atoms with E-state index in [1.54, 1.807) is 4.90 Å². The average molecular weight is 338 g/mol. The van der Waals surface area contributed by atoms with Crippen LogP contribution in [0.1, 0.15) is 23.2 Å². The lowest BCUT2D eigenvalue weighted by molar-refractivity contribution is 0.0678. The number of anilines is 1. The van der Waals surface area contributed by atoms with E-state index >= 15 is 0 Å². The molecule has 0 bridgehead atoms. The second-order valence-electron chi connectivity index (χ2n) is 5.35. The topological polar surface area (TPSA) is 97.3 Å². The molecule has 1 aromatic rings. The monoisotopic (exact) mass is 338 g/mol. The van der Waals surface area contributed by atoms with Crippen LogP contribution in [0.5, 0.6) is 11.5 Å². The van der Waals surface area contributed by atoms with E-state index in [-0.39, 0.29) is 29.8 Å². The minimum Gasteiger partial charge on any atom is -0.493 e. The number of aliphatic hydroxyl groups excluding tert-OH is 1. The summed E-state index contributed by atoms with van der Waals surface area (Å²) in [5.41, 5.74) is 0.506. The first kappa shape index (κ1) is 17.9. The molecule has 1 aliphatic rings. The molecule has 0 unspecified atom stereocenters. The fourth-order valence-corrected chi connectivity index (χ4v) is 2.77. The summed E-state index contributed by atoms with van der Waals surface area (Å²) in [7, 11) is 4.16. The van der Waals surface area contributed by atoms with Gasteiger partial charge in [-0.3, -0.25) is 10.1 Å². The Balaban J connectivity index is 2.44. The van der Waals surface area contributed by atoms with Gasteiger partial charge in [-0.1, -0.05) is 0 Å². The van der Waals surface area contributed by atoms with Gasteiger partial charge in [-0.15, -0.1) is 0 Å². The molecule has 132 valence electrons. The Morgan fingerprint density at radius 2 is 1.92 bits per heavy atom. The molecule has 2 amide bonds. The number of nitrogens with one attached hydrogen (secondary N) is 1. The van der Waals surface area contributed by atoms with Crippen molar-refractivity contribution in [2.75, 3.05) is 39.8 Å². The van der Waals surface area contributed by atoms with Gasteiger partial charge >= 0.3 is 6.09 Å². The minimum absolute atomic E-state index is 0.0984. The van der Waals surface area contributed by atoms with E-state index in [2.05, 4.69) is 10.1 Å². The van der Waals surface area contributed by atoms with Crippen LogP contribution in [0.3, 0.4) is 0 Å². The summed E-state index contributed by atoms with van der Waals surface area (Å²) in [5.74, 6) is 0.454. The van der Waals surface area contributed by atoms with Crippen LogP contribution in [0.4, 0.5) is 10.5 Å². The SMILES string of the molecule is COC(=O)Nc1cc(OC)c(OC)cc1C(=O)N1CCC[C@H]1CO. The van der Waals surface area contributed by atoms with Crippen molar-refractivity contribution in [3.63, 3.8) is 0 Å². The van der Waals surface area contributed by atoms with Crippen LogP contribution in [0.2, 0.25) is 0 Å². The van der Waals surface area contributed by atoms with E-state index in [1.165, 1.54) is 33.5 Å². The molecule has 0 aromatic heterocycles. The normalized spacial score (nSPS) is 16.7. The standard InChI is InChI=1S/C16H22N2O6/c1-22-13-7-11(15(20)18-6-4-5-10(18)9-19)12(8-14(13)23-2)17-16(21)24-3/h7-8,10,19H,4-6,9H2,1-3H3,(H,17,21)/t10-/m0/s1. The number of amides is 2. The summed E-state index contributed by atoms with van der Waals surface area (Å²) in [6.07, 6.45) is 0.871. The first-order valence-electron chi connectivity index (χ1n) is 7.58. The van der Waals surface area contributed by atoms with Gasteiger partial charge in [0.15, 0.2) is 11.5 Å². The van der Waals surface area contributed by atoms with Gasteiger partial charge in [-0.25, -0.2) is 4.79 Å². The maximum atomic E-state index is 12.9. The van der Waals surface area contributed by atoms with Crippen molar-refractivity contribution in [1.29, 1.82) is 0 Å². The van der Waals surface area contributed by atoms with Crippen molar-refractivity contribution < 1.29 is 28.9 Å². The van der Waals surface area contributed by atoms with Gasteiger partial charge in [0.2, 0.25) is 0 Å². The molecule has 0 aliphatic carbocycles. The molecular formula is C16H22N2O6. The Morgan fingerprint density at radius 1 is 1.25 bits per heavy atom. The molecule has 1 atom stereocenters. The van der Waals surface area contributed by atoms with Gasteiger partial charge in [-0.2, -0.15) is 0 Å². The number of hydrogen-bond donors (Lipinski definition) is 2. The first-order valence-corrected chi connectivity index (χ1v) is 7.58. The van der Waals surface area contributed by atoms with Crippen molar-refractivity contribution in [3.8, 4) is 11.5 Å². The van der Waals surface area contributed by atoms with E-state index < -0.39 is 6.09 Å². The summed E-state index contributed by atoms with van der Waals surface area (Å²) in [5, 5.41) is 12.0. The van der Waals surface area contributed by atoms with Gasteiger partial charge in [0.25, 0.3) is 5.91 Å². The number of carbonyl (C=O) groups is 2. The molecule has 2 rings (SSSR count). The molecule has 1 saturated heterocycles. The number of hydrogen-bond acceptors (Lipinski definition) is 6. The number of aliphatic hydroxyl groups is 1. The molecular weight excluding hydrogens is 316 g/mol. The Morgan fingerprint density at radius 3 is 2.50 bits per heavy atom. The van der Waals surface area contributed by atoms with Gasteiger partial charge < -0.3 is 24.2 Å². The van der Waals surface area contributed by atoms with E-state index in [9.17, 15) is 14.7 Å². The van der Waals surface area contributed by atoms with Crippen molar-refractivity contribution in [2.24, 2.45) is 0 Å². The summed E-state index contributed by atoms with van der Waals surface area (Å²) in [6.45, 7) is 0.453. The quantitative estimate of drug-likeness (QED) is 0.844. The van der Waals surface area contributed by atoms with Crippen LogP contribution < -0.4 is 14.8 Å². The maximum absolute atomic E-state index is 12.9. The van der Waals surface area contributed by atoms with Gasteiger partial charge in [0, 0.05) is 12.6 Å². The number of benzene rings is 1. The third kappa shape index (κ3) is 3.53. The second kappa shape index (κ2) is 7.87. The molecule has 1 aromatic carbocycles. The first-order chi connectivity index (χ1) is 11.5. The van der Waals surface area contributed by atoms with Crippen LogP contribution in [-0.4, -0.2) is 62.5 Å². The smallest absolute Gasteiger partial charge is 0.411 e. The summed E-state index contributed by atoms with van der Waals surface area (Å²) < 4.78 is 15.1. The van der Waals surface area contributed by atoms with Crippen LogP contribution in [-0.2, 0) is 4.74 Å². The number of likely N-dealkylation sites (tertiary alicyclic amines) is 1. The zero-order valence-corrected chi connectivity index (χ0v) is 14.0. The lowest BCUT2D eigenvalue weighted by Crippen LogP contribution is -2.38. The maximum Gasteiger partial charge on any atom is 0.411 e. The molecule has 24 heavy (non-hydrogen) atoms. The van der Waals surface area contributed by atoms with Crippen LogP contribution in [0, 0.1) is 0 Å². The molecule has 2 N–H and O–H groups in total. The lowest BCUT2D eigenvalue weighted by Gasteiger charge is -2.25. The predicted octanol–water partition coefficient (Wildman–Crippen LogP) is 1.48. The van der Waals surface area contributed by atoms with E-state index in [1.807, 2.05) is 0 Å². The van der Waals surface area contributed by atoms with Crippen molar-refractivity contribution in [1.82, 2.24) is 4.90 Å². The van der Waals surface area contributed by atoms with Gasteiger partial charge in [-0.05, 0) is 18.9 Å². The third-order valence-electron chi connectivity index (χ3n) is 4.02. The van der Waals surface area contributed by atoms with Crippen LogP contribution in [0.25, 0.3) is 0 Å². The fourth-order valence-electron chi connectivity index (χ4n) is 2.77. The van der Waals surface area contributed by atoms with Crippen molar-refractivity contribution in [2.45, 2.75) is 18.9 Å². The van der Waals surface area contributed by atoms with Crippen molar-refractivity contribution >= 4 is 17.7 Å². The summed E-state index contributed by atoms with van der Waals surface area (Å²) in [6, 6.07) is 2.79. The van der Waals surface area contributed by atoms with E-state index in [4.69, 9.17) is 9.47 Å². The fraction of sp³-hybridized carbons (Fsp3) is 0.500. The predicted molar refractivity (Wildman–Crippen MR) is 86.7 cm³/mol. The largest absolute Gasteiger partial charge is 0.493 e. The number of rotatable bonds is 5. The van der Waals surface area contributed by atoms with Crippen LogP contribution in [0.15, 0.2) is 12.1 Å². The second-order valence-corrected chi connectivity index (χ2v) is 5.35. The molecule has 0 saturated carbocycles. The zero-order valence-electron chi connectivity index (χ0n) is 14.0. The highest BCUT2D eigenvalue weighted by Gasteiger charge is 2.31. The highest BCUT2D eigenvalue weighted by Crippen LogP contribution is 2.35. The molecule has 8 nitrogen and oxygen atoms in total. The Kier molecular flexibility index (Phi) is 5.86. The Labute approximate surface area is 140 Å². The third-order valence-corrected chi connectivity index (χ3v) is 4.02. The van der Waals surface area contributed by atoms with E-state index in [0.29, 0.717) is 18.0 Å². The highest BCUT2D eigenvalue weighted by molar-refractivity contribution is 6.03. The molecule has 1 fully saturated rings. The van der Waals surface area contributed by atoms with Crippen molar-refractivity contribution in [3.05, 3.63) is 17.7 Å².